The molecule has 0 spiro atoms. The maximum absolute atomic E-state index is 12.5. The molecule has 1 saturated heterocycles. The molecule has 1 unspecified atom stereocenters. The third-order valence-corrected chi connectivity index (χ3v) is 5.42. The number of nitrogens with one attached hydrogen (secondary N) is 1. The van der Waals surface area contributed by atoms with Gasteiger partial charge in [-0.05, 0) is 36.6 Å². The van der Waals surface area contributed by atoms with Gasteiger partial charge in [-0.3, -0.25) is 9.59 Å². The summed E-state index contributed by atoms with van der Waals surface area (Å²) < 4.78 is 5.26. The molecule has 2 aromatic rings. The largest absolute Gasteiger partial charge is 0.356 e. The summed E-state index contributed by atoms with van der Waals surface area (Å²) in [7, 11) is 0. The molecule has 1 N–H and O–H groups in total. The fourth-order valence-electron chi connectivity index (χ4n) is 3.27. The van der Waals surface area contributed by atoms with Gasteiger partial charge in [0.2, 0.25) is 23.5 Å². The molecule has 146 valence electrons. The predicted octanol–water partition coefficient (Wildman–Crippen LogP) is 2.89. The van der Waals surface area contributed by atoms with Crippen molar-refractivity contribution in [3.63, 3.8) is 0 Å². The monoisotopic (exact) mass is 390 g/mol. The Morgan fingerprint density at radius 3 is 3.07 bits per heavy atom. The Hall–Kier alpha value is -2.22. The van der Waals surface area contributed by atoms with Gasteiger partial charge < -0.3 is 14.7 Å². The second-order valence-electron chi connectivity index (χ2n) is 6.93. The normalized spacial score (nSPS) is 17.1. The molecule has 1 atom stereocenters. The van der Waals surface area contributed by atoms with Crippen LogP contribution < -0.4 is 5.32 Å². The number of hydrogen-bond acceptors (Lipinski definition) is 6. The number of aromatic nitrogens is 2. The van der Waals surface area contributed by atoms with Crippen LogP contribution in [-0.2, 0) is 16.0 Å². The number of piperidine rings is 1. The topological polar surface area (TPSA) is 88.3 Å². The van der Waals surface area contributed by atoms with Crippen molar-refractivity contribution in [1.82, 2.24) is 20.4 Å². The molecule has 1 aliphatic heterocycles. The van der Waals surface area contributed by atoms with Gasteiger partial charge in [-0.2, -0.15) is 16.3 Å². The summed E-state index contributed by atoms with van der Waals surface area (Å²) in [6, 6.07) is 1.94. The van der Waals surface area contributed by atoms with Crippen LogP contribution in [0.25, 0.3) is 11.4 Å². The number of nitrogens with zero attached hydrogens (tertiary/aromatic N) is 3. The molecular formula is C19H26N4O3S. The molecule has 0 bridgehead atoms. The molecule has 0 aromatic carbocycles. The molecule has 3 heterocycles. The number of carbonyl (C=O) groups is 2. The van der Waals surface area contributed by atoms with Crippen LogP contribution in [0.15, 0.2) is 21.3 Å². The van der Waals surface area contributed by atoms with E-state index in [9.17, 15) is 9.59 Å². The minimum Gasteiger partial charge on any atom is -0.356 e. The zero-order chi connectivity index (χ0) is 19.1. The first-order valence-electron chi connectivity index (χ1n) is 9.55. The number of aryl methyl sites for hydroxylation is 1. The first-order chi connectivity index (χ1) is 13.2. The van der Waals surface area contributed by atoms with E-state index in [1.54, 1.807) is 11.3 Å². The van der Waals surface area contributed by atoms with Gasteiger partial charge in [0, 0.05) is 49.8 Å². The van der Waals surface area contributed by atoms with Gasteiger partial charge in [0.15, 0.2) is 0 Å². The maximum Gasteiger partial charge on any atom is 0.227 e. The average molecular weight is 391 g/mol. The van der Waals surface area contributed by atoms with E-state index >= 15 is 0 Å². The van der Waals surface area contributed by atoms with E-state index in [2.05, 4.69) is 15.5 Å². The molecule has 2 aromatic heterocycles. The molecule has 0 aliphatic carbocycles. The highest BCUT2D eigenvalue weighted by Gasteiger charge is 2.24. The second-order valence-corrected chi connectivity index (χ2v) is 7.71. The molecule has 1 fully saturated rings. The smallest absolute Gasteiger partial charge is 0.227 e. The Labute approximate surface area is 163 Å². The van der Waals surface area contributed by atoms with E-state index in [0.29, 0.717) is 50.0 Å². The predicted molar refractivity (Wildman–Crippen MR) is 103 cm³/mol. The average Bonchev–Trinajstić information content (AvgIpc) is 3.36. The van der Waals surface area contributed by atoms with Crippen LogP contribution in [0.3, 0.4) is 0 Å². The molecular weight excluding hydrogens is 364 g/mol. The van der Waals surface area contributed by atoms with Crippen molar-refractivity contribution in [3.8, 4) is 11.4 Å². The molecule has 8 heteroatoms. The fourth-order valence-corrected chi connectivity index (χ4v) is 3.90. The minimum atomic E-state index is 0.0961. The Balaban J connectivity index is 1.44. The number of rotatable bonds is 8. The Kier molecular flexibility index (Phi) is 6.98. The van der Waals surface area contributed by atoms with E-state index in [1.807, 2.05) is 28.7 Å². The van der Waals surface area contributed by atoms with E-state index in [0.717, 1.165) is 31.4 Å². The van der Waals surface area contributed by atoms with Crippen LogP contribution in [0.5, 0.6) is 0 Å². The molecule has 3 rings (SSSR count). The van der Waals surface area contributed by atoms with Crippen LogP contribution in [0.4, 0.5) is 0 Å². The third-order valence-electron chi connectivity index (χ3n) is 4.74. The molecule has 0 saturated carbocycles. The van der Waals surface area contributed by atoms with Gasteiger partial charge in [0.25, 0.3) is 0 Å². The van der Waals surface area contributed by atoms with E-state index in [4.69, 9.17) is 4.52 Å². The zero-order valence-electron chi connectivity index (χ0n) is 15.6. The van der Waals surface area contributed by atoms with E-state index in [1.165, 1.54) is 0 Å². The number of hydrogen-bond donors (Lipinski definition) is 1. The number of thiophene rings is 1. The van der Waals surface area contributed by atoms with Crippen molar-refractivity contribution in [2.24, 2.45) is 5.92 Å². The van der Waals surface area contributed by atoms with Gasteiger partial charge in [0.05, 0.1) is 0 Å². The van der Waals surface area contributed by atoms with Crippen molar-refractivity contribution in [3.05, 3.63) is 22.7 Å². The Morgan fingerprint density at radius 1 is 1.41 bits per heavy atom. The lowest BCUT2D eigenvalue weighted by atomic mass is 9.97. The van der Waals surface area contributed by atoms with Crippen LogP contribution in [0.2, 0.25) is 0 Å². The summed E-state index contributed by atoms with van der Waals surface area (Å²) in [5.74, 6) is 1.59. The van der Waals surface area contributed by atoms with Crippen molar-refractivity contribution in [2.45, 2.75) is 45.4 Å². The van der Waals surface area contributed by atoms with Gasteiger partial charge in [-0.15, -0.1) is 0 Å². The van der Waals surface area contributed by atoms with E-state index in [-0.39, 0.29) is 11.8 Å². The number of amides is 2. The van der Waals surface area contributed by atoms with Crippen molar-refractivity contribution in [1.29, 1.82) is 0 Å². The molecule has 1 aliphatic rings. The van der Waals surface area contributed by atoms with Crippen LogP contribution in [-0.4, -0.2) is 46.5 Å². The molecule has 2 amide bonds. The van der Waals surface area contributed by atoms with Crippen LogP contribution in [0, 0.1) is 5.92 Å². The van der Waals surface area contributed by atoms with Gasteiger partial charge in [-0.25, -0.2) is 0 Å². The molecule has 27 heavy (non-hydrogen) atoms. The van der Waals surface area contributed by atoms with Crippen molar-refractivity contribution >= 4 is 23.2 Å². The fraction of sp³-hybridized carbons (Fsp3) is 0.579. The standard InChI is InChI=1S/C19H26N4O3S/c1-2-4-16(24)20-11-14-5-3-9-23(12-14)18(25)7-6-17-21-19(22-26-17)15-8-10-27-13-15/h8,10,13-14H,2-7,9,11-12H2,1H3,(H,20,24). The third kappa shape index (κ3) is 5.63. The zero-order valence-corrected chi connectivity index (χ0v) is 16.5. The lowest BCUT2D eigenvalue weighted by Gasteiger charge is -2.33. The summed E-state index contributed by atoms with van der Waals surface area (Å²) in [5, 5.41) is 10.9. The summed E-state index contributed by atoms with van der Waals surface area (Å²) in [4.78, 5) is 30.4. The molecule has 7 nitrogen and oxygen atoms in total. The number of carbonyl (C=O) groups excluding carboxylic acids is 2. The Bertz CT molecular complexity index is 744. The van der Waals surface area contributed by atoms with Crippen LogP contribution >= 0.6 is 11.3 Å². The summed E-state index contributed by atoms with van der Waals surface area (Å²) in [5.41, 5.74) is 0.935. The van der Waals surface area contributed by atoms with Gasteiger partial charge in [0.1, 0.15) is 0 Å². The quantitative estimate of drug-likeness (QED) is 0.749. The lowest BCUT2D eigenvalue weighted by Crippen LogP contribution is -2.43. The highest BCUT2D eigenvalue weighted by molar-refractivity contribution is 7.08. The SMILES string of the molecule is CCCC(=O)NCC1CCCN(C(=O)CCc2nc(-c3ccsc3)no2)C1. The minimum absolute atomic E-state index is 0.0961. The highest BCUT2D eigenvalue weighted by Crippen LogP contribution is 2.20. The highest BCUT2D eigenvalue weighted by atomic mass is 32.1. The summed E-state index contributed by atoms with van der Waals surface area (Å²) in [6.45, 7) is 4.13. The van der Waals surface area contributed by atoms with E-state index < -0.39 is 0 Å². The van der Waals surface area contributed by atoms with Gasteiger partial charge >= 0.3 is 0 Å². The Morgan fingerprint density at radius 2 is 2.30 bits per heavy atom. The first-order valence-corrected chi connectivity index (χ1v) is 10.5. The summed E-state index contributed by atoms with van der Waals surface area (Å²) >= 11 is 1.58. The first kappa shape index (κ1) is 19.5. The summed E-state index contributed by atoms with van der Waals surface area (Å²) in [6.07, 6.45) is 4.25. The second kappa shape index (κ2) is 9.64. The lowest BCUT2D eigenvalue weighted by molar-refractivity contribution is -0.133. The molecule has 0 radical (unpaired) electrons. The number of likely N-dealkylation sites (tertiary alicyclic amines) is 1. The van der Waals surface area contributed by atoms with Crippen molar-refractivity contribution < 1.29 is 14.1 Å². The van der Waals surface area contributed by atoms with Gasteiger partial charge in [-0.1, -0.05) is 12.1 Å². The van der Waals surface area contributed by atoms with Crippen molar-refractivity contribution in [2.75, 3.05) is 19.6 Å². The van der Waals surface area contributed by atoms with Crippen LogP contribution in [0.1, 0.15) is 44.9 Å². The maximum atomic E-state index is 12.5.